The maximum absolute atomic E-state index is 6.27. The molecule has 0 aliphatic carbocycles. The minimum atomic E-state index is -0.384. The van der Waals surface area contributed by atoms with Crippen LogP contribution in [-0.4, -0.2) is 29.0 Å². The van der Waals surface area contributed by atoms with Crippen LogP contribution in [0, 0.1) is 0 Å². The first-order valence-electron chi connectivity index (χ1n) is 5.48. The van der Waals surface area contributed by atoms with Crippen molar-refractivity contribution in [2.24, 2.45) is 12.8 Å². The van der Waals surface area contributed by atoms with Gasteiger partial charge in [-0.3, -0.25) is 9.67 Å². The van der Waals surface area contributed by atoms with E-state index in [9.17, 15) is 0 Å². The molecule has 18 heavy (non-hydrogen) atoms. The third kappa shape index (κ3) is 2.02. The molecule has 2 aromatic heterocycles. The minimum Gasteiger partial charge on any atom is -0.495 e. The molecule has 2 heterocycles. The summed E-state index contributed by atoms with van der Waals surface area (Å²) >= 11 is 0. The number of aryl methyl sites for hydroxylation is 1. The number of ether oxygens (including phenoxy) is 2. The second-order valence-electron chi connectivity index (χ2n) is 3.82. The Morgan fingerprint density at radius 1 is 1.22 bits per heavy atom. The molecular formula is C12H16N4O2. The van der Waals surface area contributed by atoms with E-state index in [4.69, 9.17) is 15.2 Å². The fraction of sp³-hybridized carbons (Fsp3) is 0.333. The largest absolute Gasteiger partial charge is 0.495 e. The molecule has 2 aromatic rings. The number of rotatable bonds is 4. The second-order valence-corrected chi connectivity index (χ2v) is 3.82. The van der Waals surface area contributed by atoms with Crippen LogP contribution in [-0.2, 0) is 7.05 Å². The number of pyridine rings is 1. The molecule has 2 rings (SSSR count). The Morgan fingerprint density at radius 2 is 1.94 bits per heavy atom. The molecule has 0 fully saturated rings. The number of hydrogen-bond donors (Lipinski definition) is 1. The van der Waals surface area contributed by atoms with Crippen molar-refractivity contribution >= 4 is 0 Å². The normalized spacial score (nSPS) is 12.2. The van der Waals surface area contributed by atoms with Gasteiger partial charge in [-0.2, -0.15) is 5.10 Å². The lowest BCUT2D eigenvalue weighted by Crippen LogP contribution is -2.17. The number of nitrogens with zero attached hydrogens (tertiary/aromatic N) is 3. The summed E-state index contributed by atoms with van der Waals surface area (Å²) in [4.78, 5) is 4.01. The minimum absolute atomic E-state index is 0.384. The van der Waals surface area contributed by atoms with Gasteiger partial charge in [-0.05, 0) is 6.07 Å². The molecule has 96 valence electrons. The Balaban J connectivity index is 2.47. The quantitative estimate of drug-likeness (QED) is 0.869. The number of methoxy groups -OCH3 is 2. The molecule has 6 nitrogen and oxygen atoms in total. The summed E-state index contributed by atoms with van der Waals surface area (Å²) < 4.78 is 12.2. The summed E-state index contributed by atoms with van der Waals surface area (Å²) in [6.45, 7) is 0. The van der Waals surface area contributed by atoms with Gasteiger partial charge in [0, 0.05) is 18.8 Å². The van der Waals surface area contributed by atoms with E-state index in [2.05, 4.69) is 10.1 Å². The molecule has 0 saturated heterocycles. The van der Waals surface area contributed by atoms with Gasteiger partial charge in [-0.25, -0.2) is 0 Å². The molecule has 1 atom stereocenters. The van der Waals surface area contributed by atoms with Crippen molar-refractivity contribution in [1.82, 2.24) is 14.8 Å². The molecule has 0 aromatic carbocycles. The van der Waals surface area contributed by atoms with Crippen LogP contribution in [0.4, 0.5) is 0 Å². The fourth-order valence-corrected chi connectivity index (χ4v) is 1.90. The van der Waals surface area contributed by atoms with Crippen molar-refractivity contribution in [2.45, 2.75) is 6.04 Å². The lowest BCUT2D eigenvalue weighted by Gasteiger charge is -2.16. The molecule has 0 amide bonds. The van der Waals surface area contributed by atoms with Gasteiger partial charge in [0.2, 0.25) is 0 Å². The highest BCUT2D eigenvalue weighted by molar-refractivity contribution is 5.41. The van der Waals surface area contributed by atoms with E-state index in [1.807, 2.05) is 13.1 Å². The lowest BCUT2D eigenvalue weighted by atomic mass is 10.0. The van der Waals surface area contributed by atoms with E-state index in [0.717, 1.165) is 11.3 Å². The van der Waals surface area contributed by atoms with E-state index in [1.165, 1.54) is 0 Å². The van der Waals surface area contributed by atoms with Gasteiger partial charge in [0.05, 0.1) is 32.7 Å². The van der Waals surface area contributed by atoms with Crippen LogP contribution >= 0.6 is 0 Å². The first-order valence-corrected chi connectivity index (χ1v) is 5.48. The summed E-state index contributed by atoms with van der Waals surface area (Å²) in [6, 6.07) is 1.45. The van der Waals surface area contributed by atoms with Gasteiger partial charge in [-0.15, -0.1) is 0 Å². The van der Waals surface area contributed by atoms with Crippen molar-refractivity contribution in [3.63, 3.8) is 0 Å². The van der Waals surface area contributed by atoms with E-state index in [1.54, 1.807) is 37.5 Å². The van der Waals surface area contributed by atoms with Crippen LogP contribution in [0.2, 0.25) is 0 Å². The van der Waals surface area contributed by atoms with Crippen LogP contribution in [0.25, 0.3) is 0 Å². The Bertz CT molecular complexity index is 539. The van der Waals surface area contributed by atoms with Gasteiger partial charge in [0.1, 0.15) is 11.4 Å². The second kappa shape index (κ2) is 5.05. The third-order valence-electron chi connectivity index (χ3n) is 2.84. The topological polar surface area (TPSA) is 75.2 Å². The van der Waals surface area contributed by atoms with Gasteiger partial charge in [-0.1, -0.05) is 0 Å². The SMILES string of the molecule is COc1cnccc1C(N)c1c(OC)cnn1C. The molecule has 1 unspecified atom stereocenters. The smallest absolute Gasteiger partial charge is 0.161 e. The Morgan fingerprint density at radius 3 is 2.61 bits per heavy atom. The average Bonchev–Trinajstić information content (AvgIpc) is 2.79. The predicted octanol–water partition coefficient (Wildman–Crippen LogP) is 0.880. The Hall–Kier alpha value is -2.08. The summed E-state index contributed by atoms with van der Waals surface area (Å²) in [6.07, 6.45) is 4.96. The molecule has 0 radical (unpaired) electrons. The van der Waals surface area contributed by atoms with Crippen molar-refractivity contribution in [3.05, 3.63) is 35.9 Å². The van der Waals surface area contributed by atoms with Crippen molar-refractivity contribution in [3.8, 4) is 11.5 Å². The summed E-state index contributed by atoms with van der Waals surface area (Å²) in [5.41, 5.74) is 7.90. The molecule has 2 N–H and O–H groups in total. The van der Waals surface area contributed by atoms with Crippen LogP contribution in [0.5, 0.6) is 11.5 Å². The predicted molar refractivity (Wildman–Crippen MR) is 66.6 cm³/mol. The molecule has 0 bridgehead atoms. The Labute approximate surface area is 105 Å². The number of nitrogens with two attached hydrogens (primary N) is 1. The molecule has 0 saturated carbocycles. The monoisotopic (exact) mass is 248 g/mol. The fourth-order valence-electron chi connectivity index (χ4n) is 1.90. The van der Waals surface area contributed by atoms with Crippen LogP contribution in [0.1, 0.15) is 17.3 Å². The highest BCUT2D eigenvalue weighted by atomic mass is 16.5. The van der Waals surface area contributed by atoms with E-state index >= 15 is 0 Å². The van der Waals surface area contributed by atoms with Crippen LogP contribution in [0.3, 0.4) is 0 Å². The molecule has 6 heteroatoms. The first-order chi connectivity index (χ1) is 8.69. The van der Waals surface area contributed by atoms with Gasteiger partial charge in [0.25, 0.3) is 0 Å². The molecule has 0 aliphatic rings. The average molecular weight is 248 g/mol. The van der Waals surface area contributed by atoms with Gasteiger partial charge in [0.15, 0.2) is 5.75 Å². The number of aromatic nitrogens is 3. The molecule has 0 aliphatic heterocycles. The van der Waals surface area contributed by atoms with E-state index in [0.29, 0.717) is 11.5 Å². The highest BCUT2D eigenvalue weighted by Gasteiger charge is 2.21. The van der Waals surface area contributed by atoms with Gasteiger partial charge < -0.3 is 15.2 Å². The summed E-state index contributed by atoms with van der Waals surface area (Å²) in [5.74, 6) is 1.30. The van der Waals surface area contributed by atoms with E-state index in [-0.39, 0.29) is 6.04 Å². The van der Waals surface area contributed by atoms with Crippen molar-refractivity contribution in [1.29, 1.82) is 0 Å². The zero-order valence-electron chi connectivity index (χ0n) is 10.6. The number of hydrogen-bond acceptors (Lipinski definition) is 5. The highest BCUT2D eigenvalue weighted by Crippen LogP contribution is 2.31. The van der Waals surface area contributed by atoms with Crippen molar-refractivity contribution in [2.75, 3.05) is 14.2 Å². The summed E-state index contributed by atoms with van der Waals surface area (Å²) in [7, 11) is 5.01. The van der Waals surface area contributed by atoms with Crippen molar-refractivity contribution < 1.29 is 9.47 Å². The molecule has 0 spiro atoms. The standard InChI is InChI=1S/C12H16N4O2/c1-16-12(10(18-3)7-15-16)11(13)8-4-5-14-6-9(8)17-2/h4-7,11H,13H2,1-3H3. The maximum atomic E-state index is 6.27. The maximum Gasteiger partial charge on any atom is 0.161 e. The third-order valence-corrected chi connectivity index (χ3v) is 2.84. The lowest BCUT2D eigenvalue weighted by molar-refractivity contribution is 0.397. The zero-order chi connectivity index (χ0) is 13.1. The van der Waals surface area contributed by atoms with Crippen LogP contribution in [0.15, 0.2) is 24.7 Å². The summed E-state index contributed by atoms with van der Waals surface area (Å²) in [5, 5.41) is 4.14. The Kier molecular flexibility index (Phi) is 3.47. The van der Waals surface area contributed by atoms with Crippen LogP contribution < -0.4 is 15.2 Å². The first kappa shape index (κ1) is 12.4. The van der Waals surface area contributed by atoms with E-state index < -0.39 is 0 Å². The molecular weight excluding hydrogens is 232 g/mol. The van der Waals surface area contributed by atoms with Gasteiger partial charge >= 0.3 is 0 Å². The zero-order valence-corrected chi connectivity index (χ0v) is 10.6.